The zero-order chi connectivity index (χ0) is 15.7. The van der Waals surface area contributed by atoms with Gasteiger partial charge in [0, 0.05) is 25.0 Å². The summed E-state index contributed by atoms with van der Waals surface area (Å²) in [5, 5.41) is 12.2. The van der Waals surface area contributed by atoms with Gasteiger partial charge in [-0.25, -0.2) is 4.79 Å². The van der Waals surface area contributed by atoms with Crippen LogP contribution in [0.3, 0.4) is 0 Å². The van der Waals surface area contributed by atoms with Crippen LogP contribution in [0.4, 0.5) is 4.79 Å². The van der Waals surface area contributed by atoms with Gasteiger partial charge in [0.05, 0.1) is 5.92 Å². The Bertz CT molecular complexity index is 560. The first-order chi connectivity index (χ1) is 10.5. The van der Waals surface area contributed by atoms with Gasteiger partial charge in [-0.1, -0.05) is 37.3 Å². The molecule has 2 N–H and O–H groups in total. The molecule has 2 unspecified atom stereocenters. The third kappa shape index (κ3) is 3.24. The number of hydrogen-bond donors (Lipinski definition) is 2. The minimum atomic E-state index is -0.807. The fourth-order valence-electron chi connectivity index (χ4n) is 3.37. The highest BCUT2D eigenvalue weighted by Gasteiger charge is 2.41. The number of carbonyl (C=O) groups excluding carboxylic acids is 1. The van der Waals surface area contributed by atoms with Crippen molar-refractivity contribution in [3.8, 4) is 0 Å². The maximum Gasteiger partial charge on any atom is 0.317 e. The molecule has 5 heteroatoms. The van der Waals surface area contributed by atoms with Crippen LogP contribution in [0.15, 0.2) is 30.3 Å². The lowest BCUT2D eigenvalue weighted by atomic mass is 9.91. The average Bonchev–Trinajstić information content (AvgIpc) is 3.26. The Morgan fingerprint density at radius 1 is 1.18 bits per heavy atom. The molecule has 2 fully saturated rings. The summed E-state index contributed by atoms with van der Waals surface area (Å²) in [5.74, 6) is -0.635. The van der Waals surface area contributed by atoms with Crippen molar-refractivity contribution in [3.05, 3.63) is 35.9 Å². The number of carbonyl (C=O) groups is 2. The van der Waals surface area contributed by atoms with Crippen LogP contribution in [0.2, 0.25) is 0 Å². The lowest BCUT2D eigenvalue weighted by Crippen LogP contribution is -2.50. The fourth-order valence-corrected chi connectivity index (χ4v) is 3.37. The molecule has 4 atom stereocenters. The molecule has 1 aliphatic carbocycles. The van der Waals surface area contributed by atoms with E-state index in [-0.39, 0.29) is 18.0 Å². The van der Waals surface area contributed by atoms with Crippen LogP contribution in [0.25, 0.3) is 0 Å². The molecule has 0 aromatic heterocycles. The van der Waals surface area contributed by atoms with Crippen molar-refractivity contribution in [3.63, 3.8) is 0 Å². The molecule has 22 heavy (non-hydrogen) atoms. The lowest BCUT2D eigenvalue weighted by molar-refractivity contribution is -0.143. The molecule has 0 spiro atoms. The Morgan fingerprint density at radius 2 is 1.91 bits per heavy atom. The average molecular weight is 302 g/mol. The Labute approximate surface area is 130 Å². The van der Waals surface area contributed by atoms with E-state index in [1.165, 1.54) is 5.56 Å². The Balaban J connectivity index is 1.55. The van der Waals surface area contributed by atoms with Gasteiger partial charge in [-0.15, -0.1) is 0 Å². The summed E-state index contributed by atoms with van der Waals surface area (Å²) in [4.78, 5) is 25.2. The summed E-state index contributed by atoms with van der Waals surface area (Å²) in [6.07, 6.45) is 1.61. The number of piperidine rings is 1. The van der Waals surface area contributed by atoms with Gasteiger partial charge in [-0.3, -0.25) is 4.79 Å². The van der Waals surface area contributed by atoms with Crippen LogP contribution in [0.5, 0.6) is 0 Å². The fraction of sp³-hybridized carbons (Fsp3) is 0.529. The number of carboxylic acid groups (broad SMARTS) is 1. The maximum absolute atomic E-state index is 12.4. The van der Waals surface area contributed by atoms with Crippen LogP contribution in [0.1, 0.15) is 31.2 Å². The Morgan fingerprint density at radius 3 is 2.59 bits per heavy atom. The molecule has 1 saturated heterocycles. The van der Waals surface area contributed by atoms with Gasteiger partial charge in [0.25, 0.3) is 0 Å². The van der Waals surface area contributed by atoms with Gasteiger partial charge >= 0.3 is 12.0 Å². The van der Waals surface area contributed by atoms with Gasteiger partial charge < -0.3 is 15.3 Å². The van der Waals surface area contributed by atoms with E-state index < -0.39 is 11.9 Å². The molecule has 0 bridgehead atoms. The normalized spacial score (nSPS) is 30.7. The first-order valence-corrected chi connectivity index (χ1v) is 7.87. The summed E-state index contributed by atoms with van der Waals surface area (Å²) in [6, 6.07) is 10.2. The van der Waals surface area contributed by atoms with E-state index in [0.717, 1.165) is 6.42 Å². The van der Waals surface area contributed by atoms with Crippen molar-refractivity contribution in [2.45, 2.75) is 31.7 Å². The van der Waals surface area contributed by atoms with E-state index in [1.54, 1.807) is 4.90 Å². The molecule has 5 nitrogen and oxygen atoms in total. The van der Waals surface area contributed by atoms with Gasteiger partial charge in [0.1, 0.15) is 0 Å². The number of hydrogen-bond acceptors (Lipinski definition) is 2. The van der Waals surface area contributed by atoms with Gasteiger partial charge in [0.2, 0.25) is 0 Å². The summed E-state index contributed by atoms with van der Waals surface area (Å²) in [7, 11) is 0. The Hall–Kier alpha value is -2.04. The van der Waals surface area contributed by atoms with Crippen molar-refractivity contribution < 1.29 is 14.7 Å². The molecule has 1 aliphatic heterocycles. The molecule has 1 saturated carbocycles. The second kappa shape index (κ2) is 5.99. The van der Waals surface area contributed by atoms with Gasteiger partial charge in [-0.05, 0) is 24.3 Å². The highest BCUT2D eigenvalue weighted by Crippen LogP contribution is 2.40. The van der Waals surface area contributed by atoms with E-state index in [1.807, 2.05) is 25.1 Å². The summed E-state index contributed by atoms with van der Waals surface area (Å²) >= 11 is 0. The zero-order valence-corrected chi connectivity index (χ0v) is 12.7. The summed E-state index contributed by atoms with van der Waals surface area (Å²) < 4.78 is 0. The second-order valence-electron chi connectivity index (χ2n) is 6.59. The molecule has 0 radical (unpaired) electrons. The SMILES string of the molecule is CC1CC(C(=O)O)CN(C(=O)N[C@@H]2C[C@H]2c2ccccc2)C1. The van der Waals surface area contributed by atoms with E-state index in [0.29, 0.717) is 25.4 Å². The van der Waals surface area contributed by atoms with E-state index in [9.17, 15) is 14.7 Å². The van der Waals surface area contributed by atoms with Crippen LogP contribution in [0, 0.1) is 11.8 Å². The van der Waals surface area contributed by atoms with Crippen LogP contribution in [-0.4, -0.2) is 41.1 Å². The van der Waals surface area contributed by atoms with Crippen molar-refractivity contribution >= 4 is 12.0 Å². The monoisotopic (exact) mass is 302 g/mol. The standard InChI is InChI=1S/C17H22N2O3/c1-11-7-13(16(20)21)10-19(9-11)17(22)18-15-8-14(15)12-5-3-2-4-6-12/h2-6,11,13-15H,7-10H2,1H3,(H,18,22)(H,20,21)/t11?,13?,14-,15+/m0/s1. The van der Waals surface area contributed by atoms with Crippen molar-refractivity contribution in [1.29, 1.82) is 0 Å². The van der Waals surface area contributed by atoms with Crippen molar-refractivity contribution in [2.24, 2.45) is 11.8 Å². The third-order valence-corrected chi connectivity index (χ3v) is 4.62. The molecular formula is C17H22N2O3. The van der Waals surface area contributed by atoms with Gasteiger partial charge in [-0.2, -0.15) is 0 Å². The molecule has 118 valence electrons. The lowest BCUT2D eigenvalue weighted by Gasteiger charge is -2.34. The summed E-state index contributed by atoms with van der Waals surface area (Å²) in [6.45, 7) is 2.95. The molecule has 2 amide bonds. The quantitative estimate of drug-likeness (QED) is 0.900. The first kappa shape index (κ1) is 14.9. The number of urea groups is 1. The highest BCUT2D eigenvalue weighted by atomic mass is 16.4. The number of nitrogens with one attached hydrogen (secondary N) is 1. The predicted octanol–water partition coefficient (Wildman–Crippen LogP) is 2.29. The van der Waals surface area contributed by atoms with E-state index >= 15 is 0 Å². The number of carboxylic acids is 1. The molecule has 1 aromatic carbocycles. The van der Waals surface area contributed by atoms with Crippen molar-refractivity contribution in [1.82, 2.24) is 10.2 Å². The minimum Gasteiger partial charge on any atom is -0.481 e. The largest absolute Gasteiger partial charge is 0.481 e. The topological polar surface area (TPSA) is 69.6 Å². The number of nitrogens with zero attached hydrogens (tertiary/aromatic N) is 1. The van der Waals surface area contributed by atoms with Gasteiger partial charge in [0.15, 0.2) is 0 Å². The predicted molar refractivity (Wildman–Crippen MR) is 82.6 cm³/mol. The zero-order valence-electron chi connectivity index (χ0n) is 12.7. The number of aliphatic carboxylic acids is 1. The van der Waals surface area contributed by atoms with Crippen LogP contribution >= 0.6 is 0 Å². The first-order valence-electron chi connectivity index (χ1n) is 7.87. The summed E-state index contributed by atoms with van der Waals surface area (Å²) in [5.41, 5.74) is 1.25. The van der Waals surface area contributed by atoms with Crippen molar-refractivity contribution in [2.75, 3.05) is 13.1 Å². The van der Waals surface area contributed by atoms with Crippen LogP contribution in [-0.2, 0) is 4.79 Å². The van der Waals surface area contributed by atoms with E-state index in [4.69, 9.17) is 0 Å². The molecule has 2 aliphatic rings. The maximum atomic E-state index is 12.4. The highest BCUT2D eigenvalue weighted by molar-refractivity contribution is 5.77. The number of likely N-dealkylation sites (tertiary alicyclic amines) is 1. The number of rotatable bonds is 3. The number of amides is 2. The van der Waals surface area contributed by atoms with Crippen LogP contribution < -0.4 is 5.32 Å². The molecular weight excluding hydrogens is 280 g/mol. The third-order valence-electron chi connectivity index (χ3n) is 4.62. The smallest absolute Gasteiger partial charge is 0.317 e. The molecule has 3 rings (SSSR count). The Kier molecular flexibility index (Phi) is 4.05. The van der Waals surface area contributed by atoms with E-state index in [2.05, 4.69) is 17.4 Å². The second-order valence-corrected chi connectivity index (χ2v) is 6.59. The molecule has 1 heterocycles. The molecule has 1 aromatic rings. The minimum absolute atomic E-state index is 0.124. The number of benzene rings is 1.